The van der Waals surface area contributed by atoms with Gasteiger partial charge in [0.15, 0.2) is 0 Å². The van der Waals surface area contributed by atoms with Crippen molar-refractivity contribution in [2.45, 2.75) is 6.42 Å². The molecular formula is C32H25N5O2. The molecule has 1 fully saturated rings. The molecule has 0 spiro atoms. The van der Waals surface area contributed by atoms with Crippen LogP contribution in [0.25, 0.3) is 38.9 Å². The summed E-state index contributed by atoms with van der Waals surface area (Å²) >= 11 is 0. The van der Waals surface area contributed by atoms with Crippen molar-refractivity contribution in [3.05, 3.63) is 114 Å². The number of hydrogen-bond acceptors (Lipinski definition) is 4. The van der Waals surface area contributed by atoms with Crippen molar-refractivity contribution in [2.24, 2.45) is 0 Å². The maximum atomic E-state index is 14.4. The van der Waals surface area contributed by atoms with Crippen LogP contribution in [-0.4, -0.2) is 51.2 Å². The Morgan fingerprint density at radius 3 is 2.33 bits per heavy atom. The van der Waals surface area contributed by atoms with Gasteiger partial charge in [-0.3, -0.25) is 9.78 Å². The van der Waals surface area contributed by atoms with Crippen molar-refractivity contribution < 1.29 is 9.59 Å². The highest BCUT2D eigenvalue weighted by molar-refractivity contribution is 6.23. The summed E-state index contributed by atoms with van der Waals surface area (Å²) in [6.45, 7) is 1.58. The fourth-order valence-corrected chi connectivity index (χ4v) is 5.62. The molecule has 2 aliphatic heterocycles. The highest BCUT2D eigenvalue weighted by Crippen LogP contribution is 2.40. The van der Waals surface area contributed by atoms with E-state index in [4.69, 9.17) is 5.10 Å². The molecule has 0 bridgehead atoms. The van der Waals surface area contributed by atoms with Crippen molar-refractivity contribution in [1.82, 2.24) is 25.0 Å². The number of pyridine rings is 1. The van der Waals surface area contributed by atoms with Gasteiger partial charge in [0.05, 0.1) is 16.8 Å². The van der Waals surface area contributed by atoms with Gasteiger partial charge >= 0.3 is 6.03 Å². The summed E-state index contributed by atoms with van der Waals surface area (Å²) < 4.78 is 1.57. The van der Waals surface area contributed by atoms with E-state index in [9.17, 15) is 9.59 Å². The van der Waals surface area contributed by atoms with Crippen molar-refractivity contribution in [3.8, 4) is 22.4 Å². The van der Waals surface area contributed by atoms with Gasteiger partial charge in [-0.25, -0.2) is 4.79 Å². The Balaban J connectivity index is 1.43. The molecule has 0 atom stereocenters. The minimum atomic E-state index is -0.187. The predicted octanol–water partition coefficient (Wildman–Crippen LogP) is 5.44. The van der Waals surface area contributed by atoms with Gasteiger partial charge in [-0.15, -0.1) is 0 Å². The van der Waals surface area contributed by atoms with Crippen molar-refractivity contribution in [2.75, 3.05) is 19.6 Å². The van der Waals surface area contributed by atoms with Crippen LogP contribution in [-0.2, 0) is 6.42 Å². The molecule has 3 aromatic carbocycles. The van der Waals surface area contributed by atoms with Crippen LogP contribution in [0.5, 0.6) is 0 Å². The number of benzene rings is 3. The van der Waals surface area contributed by atoms with E-state index in [0.29, 0.717) is 31.6 Å². The average molecular weight is 512 g/mol. The molecule has 0 saturated carbocycles. The number of fused-ring (bicyclic) bond motifs is 2. The monoisotopic (exact) mass is 511 g/mol. The quantitative estimate of drug-likeness (QED) is 0.341. The summed E-state index contributed by atoms with van der Waals surface area (Å²) in [4.78, 5) is 33.1. The predicted molar refractivity (Wildman–Crippen MR) is 151 cm³/mol. The van der Waals surface area contributed by atoms with Gasteiger partial charge in [0.2, 0.25) is 0 Å². The number of aromatic nitrogens is 3. The molecule has 4 heterocycles. The lowest BCUT2D eigenvalue weighted by molar-refractivity contribution is 0.0957. The van der Waals surface area contributed by atoms with Gasteiger partial charge in [0, 0.05) is 48.8 Å². The van der Waals surface area contributed by atoms with Gasteiger partial charge in [0.1, 0.15) is 5.69 Å². The number of hydrogen-bond donors (Lipinski definition) is 1. The third kappa shape index (κ3) is 3.99. The summed E-state index contributed by atoms with van der Waals surface area (Å²) in [6.07, 6.45) is 2.26. The molecule has 2 amide bonds. The van der Waals surface area contributed by atoms with E-state index in [1.165, 1.54) is 0 Å². The van der Waals surface area contributed by atoms with Gasteiger partial charge in [-0.1, -0.05) is 72.8 Å². The largest absolute Gasteiger partial charge is 0.336 e. The van der Waals surface area contributed by atoms with Gasteiger partial charge in [0.25, 0.3) is 5.91 Å². The first kappa shape index (κ1) is 23.1. The summed E-state index contributed by atoms with van der Waals surface area (Å²) in [7, 11) is 0. The molecular weight excluding hydrogens is 486 g/mol. The minimum absolute atomic E-state index is 0.107. The molecule has 2 aromatic heterocycles. The van der Waals surface area contributed by atoms with E-state index in [1.807, 2.05) is 78.9 Å². The molecule has 0 radical (unpaired) electrons. The van der Waals surface area contributed by atoms with Crippen LogP contribution < -0.4 is 5.32 Å². The van der Waals surface area contributed by atoms with Gasteiger partial charge < -0.3 is 10.2 Å². The number of carbonyl (C=O) groups excluding carboxylic acids is 2. The lowest BCUT2D eigenvalue weighted by atomic mass is 9.89. The Morgan fingerprint density at radius 2 is 1.59 bits per heavy atom. The Kier molecular flexibility index (Phi) is 5.55. The highest BCUT2D eigenvalue weighted by Gasteiger charge is 2.34. The van der Waals surface area contributed by atoms with E-state index in [2.05, 4.69) is 22.4 Å². The smallest absolute Gasteiger partial charge is 0.317 e. The summed E-state index contributed by atoms with van der Waals surface area (Å²) in [5, 5.41) is 8.76. The van der Waals surface area contributed by atoms with Crippen molar-refractivity contribution >= 4 is 28.4 Å². The topological polar surface area (TPSA) is 80.1 Å². The van der Waals surface area contributed by atoms with E-state index < -0.39 is 0 Å². The van der Waals surface area contributed by atoms with Crippen LogP contribution in [0.3, 0.4) is 0 Å². The van der Waals surface area contributed by atoms with Gasteiger partial charge in [-0.05, 0) is 34.9 Å². The molecule has 7 rings (SSSR count). The number of urea groups is 1. The first-order valence-electron chi connectivity index (χ1n) is 13.0. The number of amides is 2. The van der Waals surface area contributed by atoms with E-state index in [-0.39, 0.29) is 11.9 Å². The third-order valence-corrected chi connectivity index (χ3v) is 7.45. The first-order valence-corrected chi connectivity index (χ1v) is 13.0. The maximum Gasteiger partial charge on any atom is 0.317 e. The third-order valence-electron chi connectivity index (χ3n) is 7.45. The number of carbonyl (C=O) groups is 2. The minimum Gasteiger partial charge on any atom is -0.336 e. The summed E-state index contributed by atoms with van der Waals surface area (Å²) in [6, 6.07) is 29.7. The molecule has 1 N–H and O–H groups in total. The molecule has 190 valence electrons. The van der Waals surface area contributed by atoms with Crippen LogP contribution in [0.2, 0.25) is 0 Å². The SMILES string of the molecule is O=C1NCCN1CC1=C(c2ccc3ncccc3c2)C(=O)n2nc(-c3ccccc3)c(-c3ccccc3)c2C1. The molecule has 5 aromatic rings. The summed E-state index contributed by atoms with van der Waals surface area (Å²) in [5.41, 5.74) is 7.67. The van der Waals surface area contributed by atoms with E-state index in [0.717, 1.165) is 50.1 Å². The zero-order valence-electron chi connectivity index (χ0n) is 21.2. The first-order chi connectivity index (χ1) is 19.2. The van der Waals surface area contributed by atoms with Crippen molar-refractivity contribution in [3.63, 3.8) is 0 Å². The van der Waals surface area contributed by atoms with Gasteiger partial charge in [-0.2, -0.15) is 9.78 Å². The normalized spacial score (nSPS) is 15.1. The van der Waals surface area contributed by atoms with Crippen molar-refractivity contribution in [1.29, 1.82) is 0 Å². The lowest BCUT2D eigenvalue weighted by Crippen LogP contribution is -2.33. The van der Waals surface area contributed by atoms with Crippen LogP contribution in [0.1, 0.15) is 16.1 Å². The fourth-order valence-electron chi connectivity index (χ4n) is 5.62. The Bertz CT molecular complexity index is 1770. The van der Waals surface area contributed by atoms with Crippen LogP contribution >= 0.6 is 0 Å². The van der Waals surface area contributed by atoms with Crippen LogP contribution in [0.4, 0.5) is 4.79 Å². The van der Waals surface area contributed by atoms with Crippen LogP contribution in [0, 0.1) is 0 Å². The van der Waals surface area contributed by atoms with E-state index >= 15 is 0 Å². The average Bonchev–Trinajstić information content (AvgIpc) is 3.57. The van der Waals surface area contributed by atoms with Crippen LogP contribution in [0.15, 0.2) is 103 Å². The molecule has 0 unspecified atom stereocenters. The number of allylic oxidation sites excluding steroid dienone is 1. The van der Waals surface area contributed by atoms with E-state index in [1.54, 1.807) is 15.8 Å². The molecule has 2 aliphatic rings. The lowest BCUT2D eigenvalue weighted by Gasteiger charge is -2.25. The zero-order valence-corrected chi connectivity index (χ0v) is 21.2. The molecule has 1 saturated heterocycles. The Morgan fingerprint density at radius 1 is 0.821 bits per heavy atom. The Labute approximate surface area is 225 Å². The molecule has 7 heteroatoms. The molecule has 7 nitrogen and oxygen atoms in total. The summed E-state index contributed by atoms with van der Waals surface area (Å²) in [5.74, 6) is -0.187. The highest BCUT2D eigenvalue weighted by atomic mass is 16.2. The fraction of sp³-hybridized carbons (Fsp3) is 0.125. The number of rotatable bonds is 5. The molecule has 0 aliphatic carbocycles. The second-order valence-corrected chi connectivity index (χ2v) is 9.84. The number of nitrogens with one attached hydrogen (secondary N) is 1. The standard InChI is InChI=1S/C32H25N5O2/c38-31-28(24-13-14-26-23(18-24)12-7-15-33-26)25(20-36-17-16-34-32(36)39)19-27-29(21-8-3-1-4-9-21)30(35-37(27)31)22-10-5-2-6-11-22/h1-15,18H,16-17,19-20H2,(H,34,39). The number of nitrogens with zero attached hydrogens (tertiary/aromatic N) is 4. The second kappa shape index (κ2) is 9.36. The zero-order chi connectivity index (χ0) is 26.3. The second-order valence-electron chi connectivity index (χ2n) is 9.84. The maximum absolute atomic E-state index is 14.4. The Hall–Kier alpha value is -5.04. The molecule has 39 heavy (non-hydrogen) atoms.